The summed E-state index contributed by atoms with van der Waals surface area (Å²) in [4.78, 5) is 15.7. The van der Waals surface area contributed by atoms with Crippen LogP contribution in [-0.2, 0) is 4.79 Å². The highest BCUT2D eigenvalue weighted by Gasteiger charge is 2.06. The third-order valence-electron chi connectivity index (χ3n) is 2.25. The molecule has 1 rings (SSSR count). The van der Waals surface area contributed by atoms with Crippen molar-refractivity contribution in [2.45, 2.75) is 19.8 Å². The zero-order chi connectivity index (χ0) is 14.6. The fourth-order valence-corrected chi connectivity index (χ4v) is 1.35. The Labute approximate surface area is 118 Å². The van der Waals surface area contributed by atoms with Crippen LogP contribution in [0.4, 0.5) is 5.82 Å². The van der Waals surface area contributed by atoms with Crippen molar-refractivity contribution >= 4 is 11.7 Å². The minimum absolute atomic E-state index is 0.274. The van der Waals surface area contributed by atoms with Gasteiger partial charge in [-0.2, -0.15) is 5.26 Å². The predicted octanol–water partition coefficient (Wildman–Crippen LogP) is 2.83. The molecule has 5 nitrogen and oxygen atoms in total. The van der Waals surface area contributed by atoms with Gasteiger partial charge in [-0.15, -0.1) is 0 Å². The maximum atomic E-state index is 11.6. The van der Waals surface area contributed by atoms with E-state index in [1.807, 2.05) is 19.1 Å². The average Bonchev–Trinajstić information content (AvgIpc) is 2.45. The van der Waals surface area contributed by atoms with Gasteiger partial charge in [0.1, 0.15) is 0 Å². The molecule has 0 bridgehead atoms. The van der Waals surface area contributed by atoms with Gasteiger partial charge >= 0.3 is 0 Å². The molecular formula is C15H17N3O2. The number of hydrogen-bond donors (Lipinski definition) is 1. The summed E-state index contributed by atoms with van der Waals surface area (Å²) < 4.78 is 5.50. The van der Waals surface area contributed by atoms with Crippen LogP contribution in [0, 0.1) is 11.3 Å². The number of rotatable bonds is 7. The molecule has 0 unspecified atom stereocenters. The summed E-state index contributed by atoms with van der Waals surface area (Å²) in [7, 11) is 0. The molecule has 0 aliphatic carbocycles. The Bertz CT molecular complexity index is 530. The van der Waals surface area contributed by atoms with Gasteiger partial charge < -0.3 is 10.1 Å². The number of nitriles is 1. The second-order valence-electron chi connectivity index (χ2n) is 3.83. The van der Waals surface area contributed by atoms with Gasteiger partial charge in [0.05, 0.1) is 12.7 Å². The van der Waals surface area contributed by atoms with E-state index in [2.05, 4.69) is 10.3 Å². The molecule has 1 aromatic rings. The summed E-state index contributed by atoms with van der Waals surface area (Å²) in [5, 5.41) is 11.1. The Balaban J connectivity index is 2.61. The first-order valence-electron chi connectivity index (χ1n) is 6.33. The van der Waals surface area contributed by atoms with Crippen LogP contribution in [0.3, 0.4) is 0 Å². The van der Waals surface area contributed by atoms with E-state index in [9.17, 15) is 4.79 Å². The van der Waals surface area contributed by atoms with Crippen LogP contribution < -0.4 is 10.1 Å². The number of nitrogens with one attached hydrogen (secondary N) is 1. The summed E-state index contributed by atoms with van der Waals surface area (Å²) in [6.45, 7) is 2.28. The summed E-state index contributed by atoms with van der Waals surface area (Å²) in [6, 6.07) is 5.50. The van der Waals surface area contributed by atoms with Crippen molar-refractivity contribution in [3.63, 3.8) is 0 Å². The molecule has 20 heavy (non-hydrogen) atoms. The monoisotopic (exact) mass is 271 g/mol. The maximum Gasteiger partial charge on any atom is 0.249 e. The molecule has 1 heterocycles. The first kappa shape index (κ1) is 15.4. The van der Waals surface area contributed by atoms with Crippen molar-refractivity contribution in [3.8, 4) is 11.8 Å². The Morgan fingerprint density at radius 2 is 2.40 bits per heavy atom. The molecule has 0 saturated heterocycles. The summed E-state index contributed by atoms with van der Waals surface area (Å²) in [6.07, 6.45) is 9.30. The molecule has 0 radical (unpaired) electrons. The molecule has 0 fully saturated rings. The third-order valence-corrected chi connectivity index (χ3v) is 2.25. The summed E-state index contributed by atoms with van der Waals surface area (Å²) >= 11 is 0. The average molecular weight is 271 g/mol. The standard InChI is InChI=1S/C15H17N3O2/c1-2-3-4-9-14(19)18-15-13(8-7-11-17-15)20-12-6-5-10-16/h2-4,7-9,11H,5-6,12H2,1H3,(H,17,18,19)/b3-2+,9-4+. The molecule has 0 saturated carbocycles. The molecule has 0 aromatic carbocycles. The molecule has 0 aliphatic rings. The fraction of sp³-hybridized carbons (Fsp3) is 0.267. The van der Waals surface area contributed by atoms with E-state index < -0.39 is 0 Å². The van der Waals surface area contributed by atoms with Crippen LogP contribution in [0.25, 0.3) is 0 Å². The predicted molar refractivity (Wildman–Crippen MR) is 77.2 cm³/mol. The Morgan fingerprint density at radius 1 is 1.55 bits per heavy atom. The molecule has 104 valence electrons. The van der Waals surface area contributed by atoms with Crippen LogP contribution in [0.15, 0.2) is 42.6 Å². The Hall–Kier alpha value is -2.61. The second-order valence-corrected chi connectivity index (χ2v) is 3.83. The number of hydrogen-bond acceptors (Lipinski definition) is 4. The van der Waals surface area contributed by atoms with Crippen molar-refractivity contribution in [1.82, 2.24) is 4.98 Å². The SMILES string of the molecule is C/C=C/C=C/C(=O)Nc1ncccc1OCCCC#N. The van der Waals surface area contributed by atoms with E-state index >= 15 is 0 Å². The maximum absolute atomic E-state index is 11.6. The number of unbranched alkanes of at least 4 members (excludes halogenated alkanes) is 1. The second kappa shape index (κ2) is 9.34. The topological polar surface area (TPSA) is 75.0 Å². The highest BCUT2D eigenvalue weighted by Crippen LogP contribution is 2.21. The lowest BCUT2D eigenvalue weighted by Crippen LogP contribution is -2.11. The minimum Gasteiger partial charge on any atom is -0.490 e. The molecule has 1 amide bonds. The largest absolute Gasteiger partial charge is 0.490 e. The lowest BCUT2D eigenvalue weighted by molar-refractivity contribution is -0.111. The van der Waals surface area contributed by atoms with Crippen molar-refractivity contribution in [1.29, 1.82) is 5.26 Å². The van der Waals surface area contributed by atoms with E-state index in [-0.39, 0.29) is 5.91 Å². The van der Waals surface area contributed by atoms with Gasteiger partial charge in [-0.05, 0) is 25.5 Å². The number of amides is 1. The molecule has 0 aliphatic heterocycles. The highest BCUT2D eigenvalue weighted by atomic mass is 16.5. The van der Waals surface area contributed by atoms with Crippen LogP contribution in [0.1, 0.15) is 19.8 Å². The van der Waals surface area contributed by atoms with Gasteiger partial charge in [0.2, 0.25) is 5.91 Å². The Morgan fingerprint density at radius 3 is 3.15 bits per heavy atom. The smallest absolute Gasteiger partial charge is 0.249 e. The fourth-order valence-electron chi connectivity index (χ4n) is 1.35. The van der Waals surface area contributed by atoms with Crippen LogP contribution in [-0.4, -0.2) is 17.5 Å². The van der Waals surface area contributed by atoms with Crippen molar-refractivity contribution in [2.75, 3.05) is 11.9 Å². The van der Waals surface area contributed by atoms with Crippen LogP contribution >= 0.6 is 0 Å². The lowest BCUT2D eigenvalue weighted by Gasteiger charge is -2.09. The first-order valence-corrected chi connectivity index (χ1v) is 6.33. The van der Waals surface area contributed by atoms with Crippen molar-refractivity contribution in [3.05, 3.63) is 42.6 Å². The zero-order valence-corrected chi connectivity index (χ0v) is 11.4. The molecule has 0 atom stereocenters. The van der Waals surface area contributed by atoms with Crippen molar-refractivity contribution in [2.24, 2.45) is 0 Å². The number of anilines is 1. The number of pyridine rings is 1. The first-order chi connectivity index (χ1) is 9.77. The number of allylic oxidation sites excluding steroid dienone is 3. The number of ether oxygens (including phenoxy) is 1. The van der Waals surface area contributed by atoms with Gasteiger partial charge in [0, 0.05) is 18.7 Å². The van der Waals surface area contributed by atoms with Crippen LogP contribution in [0.5, 0.6) is 5.75 Å². The Kier molecular flexibility index (Phi) is 7.21. The number of carbonyl (C=O) groups is 1. The summed E-state index contributed by atoms with van der Waals surface area (Å²) in [5.41, 5.74) is 0. The summed E-state index contributed by atoms with van der Waals surface area (Å²) in [5.74, 6) is 0.599. The number of aromatic nitrogens is 1. The third kappa shape index (κ3) is 5.83. The van der Waals surface area contributed by atoms with Gasteiger partial charge in [-0.3, -0.25) is 4.79 Å². The van der Waals surface area contributed by atoms with E-state index in [0.717, 1.165) is 0 Å². The number of carbonyl (C=O) groups excluding carboxylic acids is 1. The molecule has 1 N–H and O–H groups in total. The lowest BCUT2D eigenvalue weighted by atomic mass is 10.3. The van der Waals surface area contributed by atoms with E-state index in [1.54, 1.807) is 30.5 Å². The molecule has 1 aromatic heterocycles. The van der Waals surface area contributed by atoms with Crippen molar-refractivity contribution < 1.29 is 9.53 Å². The van der Waals surface area contributed by atoms with E-state index in [0.29, 0.717) is 31.0 Å². The van der Waals surface area contributed by atoms with Crippen LogP contribution in [0.2, 0.25) is 0 Å². The molecular weight excluding hydrogens is 254 g/mol. The highest BCUT2D eigenvalue weighted by molar-refractivity contribution is 5.99. The number of nitrogens with zero attached hydrogens (tertiary/aromatic N) is 2. The minimum atomic E-state index is -0.274. The zero-order valence-electron chi connectivity index (χ0n) is 11.4. The van der Waals surface area contributed by atoms with Gasteiger partial charge in [0.15, 0.2) is 11.6 Å². The normalized spacial score (nSPS) is 10.6. The van der Waals surface area contributed by atoms with Gasteiger partial charge in [0.25, 0.3) is 0 Å². The van der Waals surface area contributed by atoms with E-state index in [4.69, 9.17) is 10.00 Å². The van der Waals surface area contributed by atoms with E-state index in [1.165, 1.54) is 6.08 Å². The molecule has 0 spiro atoms. The van der Waals surface area contributed by atoms with Gasteiger partial charge in [-0.25, -0.2) is 4.98 Å². The molecule has 5 heteroatoms. The van der Waals surface area contributed by atoms with Gasteiger partial charge in [-0.1, -0.05) is 18.2 Å². The quantitative estimate of drug-likeness (QED) is 0.470.